The highest BCUT2D eigenvalue weighted by Crippen LogP contribution is 2.35. The Kier molecular flexibility index (Phi) is 3.59. The Balaban J connectivity index is 1.80. The van der Waals surface area contributed by atoms with Crippen LogP contribution in [0.3, 0.4) is 0 Å². The van der Waals surface area contributed by atoms with E-state index in [1.807, 2.05) is 12.1 Å². The summed E-state index contributed by atoms with van der Waals surface area (Å²) >= 11 is 7.73. The molecule has 1 fully saturated rings. The average Bonchev–Trinajstić information content (AvgIpc) is 3.06. The standard InChI is InChI=1S/C13H13ClN2OS/c14-11-3-1-2-9(8-16-10-4-5-10)12(11)18-13-15-6-7-17-13/h1-3,6-7,10,16H,4-5,8H2. The van der Waals surface area contributed by atoms with Crippen molar-refractivity contribution < 1.29 is 4.42 Å². The minimum absolute atomic E-state index is 0.621. The van der Waals surface area contributed by atoms with Gasteiger partial charge in [0.15, 0.2) is 0 Å². The molecule has 1 aliphatic carbocycles. The van der Waals surface area contributed by atoms with Crippen LogP contribution in [0.4, 0.5) is 0 Å². The van der Waals surface area contributed by atoms with E-state index in [9.17, 15) is 0 Å². The Bertz CT molecular complexity index is 526. The summed E-state index contributed by atoms with van der Waals surface area (Å²) in [5, 5.41) is 4.86. The SMILES string of the molecule is Clc1cccc(CNC2CC2)c1Sc1ncco1. The molecule has 0 radical (unpaired) electrons. The number of oxazole rings is 1. The molecule has 3 rings (SSSR count). The van der Waals surface area contributed by atoms with E-state index in [-0.39, 0.29) is 0 Å². The number of aromatic nitrogens is 1. The van der Waals surface area contributed by atoms with Crippen LogP contribution in [-0.4, -0.2) is 11.0 Å². The molecule has 0 atom stereocenters. The molecule has 1 saturated carbocycles. The maximum absolute atomic E-state index is 6.26. The molecule has 1 aromatic carbocycles. The quantitative estimate of drug-likeness (QED) is 0.906. The van der Waals surface area contributed by atoms with Gasteiger partial charge >= 0.3 is 0 Å². The van der Waals surface area contributed by atoms with E-state index in [0.29, 0.717) is 11.3 Å². The highest BCUT2D eigenvalue weighted by molar-refractivity contribution is 7.99. The molecular weight excluding hydrogens is 268 g/mol. The fourth-order valence-electron chi connectivity index (χ4n) is 1.70. The first kappa shape index (κ1) is 12.1. The van der Waals surface area contributed by atoms with Gasteiger partial charge in [-0.3, -0.25) is 0 Å². The summed E-state index contributed by atoms with van der Waals surface area (Å²) in [6.07, 6.45) is 5.77. The van der Waals surface area contributed by atoms with Crippen molar-refractivity contribution in [3.8, 4) is 0 Å². The first-order chi connectivity index (χ1) is 8.83. The summed E-state index contributed by atoms with van der Waals surface area (Å²) in [5.41, 5.74) is 1.19. The van der Waals surface area contributed by atoms with Crippen LogP contribution in [0.2, 0.25) is 5.02 Å². The molecule has 1 N–H and O–H groups in total. The zero-order valence-electron chi connectivity index (χ0n) is 9.73. The molecule has 18 heavy (non-hydrogen) atoms. The van der Waals surface area contributed by atoms with Crippen LogP contribution in [0.15, 0.2) is 45.2 Å². The smallest absolute Gasteiger partial charge is 0.260 e. The van der Waals surface area contributed by atoms with Crippen LogP contribution in [0.5, 0.6) is 0 Å². The molecule has 0 spiro atoms. The van der Waals surface area contributed by atoms with Gasteiger partial charge in [-0.1, -0.05) is 23.7 Å². The van der Waals surface area contributed by atoms with Crippen LogP contribution >= 0.6 is 23.4 Å². The highest BCUT2D eigenvalue weighted by Gasteiger charge is 2.21. The number of halogens is 1. The second kappa shape index (κ2) is 5.34. The van der Waals surface area contributed by atoms with E-state index in [1.54, 1.807) is 12.5 Å². The fraction of sp³-hybridized carbons (Fsp3) is 0.308. The maximum Gasteiger partial charge on any atom is 0.260 e. The molecule has 0 amide bonds. The van der Waals surface area contributed by atoms with Gasteiger partial charge in [0.1, 0.15) is 6.26 Å². The summed E-state index contributed by atoms with van der Waals surface area (Å²) < 4.78 is 5.26. The molecule has 0 unspecified atom stereocenters. The molecule has 3 nitrogen and oxygen atoms in total. The second-order valence-electron chi connectivity index (χ2n) is 4.28. The summed E-state index contributed by atoms with van der Waals surface area (Å²) in [4.78, 5) is 5.14. The van der Waals surface area contributed by atoms with Gasteiger partial charge in [-0.25, -0.2) is 4.98 Å². The van der Waals surface area contributed by atoms with E-state index in [0.717, 1.165) is 16.5 Å². The molecule has 94 valence electrons. The molecule has 0 aliphatic heterocycles. The van der Waals surface area contributed by atoms with Crippen LogP contribution in [0, 0.1) is 0 Å². The van der Waals surface area contributed by atoms with Crippen molar-refractivity contribution in [3.05, 3.63) is 41.2 Å². The molecule has 0 saturated heterocycles. The molecule has 1 heterocycles. The van der Waals surface area contributed by atoms with Crippen LogP contribution < -0.4 is 5.32 Å². The van der Waals surface area contributed by atoms with Crippen molar-refractivity contribution >= 4 is 23.4 Å². The predicted octanol–water partition coefficient (Wildman–Crippen LogP) is 3.73. The van der Waals surface area contributed by atoms with Gasteiger partial charge in [-0.05, 0) is 36.2 Å². The molecule has 1 aliphatic rings. The van der Waals surface area contributed by atoms with Gasteiger partial charge in [0, 0.05) is 17.5 Å². The predicted molar refractivity (Wildman–Crippen MR) is 71.9 cm³/mol. The van der Waals surface area contributed by atoms with Gasteiger partial charge in [0.05, 0.1) is 11.2 Å². The fourth-order valence-corrected chi connectivity index (χ4v) is 2.84. The number of nitrogens with one attached hydrogen (secondary N) is 1. The zero-order chi connectivity index (χ0) is 12.4. The van der Waals surface area contributed by atoms with E-state index in [2.05, 4.69) is 16.4 Å². The summed E-state index contributed by atoms with van der Waals surface area (Å²) in [6.45, 7) is 0.842. The van der Waals surface area contributed by atoms with Crippen molar-refractivity contribution in [2.24, 2.45) is 0 Å². The third-order valence-electron chi connectivity index (χ3n) is 2.81. The Morgan fingerprint density at radius 2 is 2.33 bits per heavy atom. The van der Waals surface area contributed by atoms with Crippen LogP contribution in [-0.2, 0) is 6.54 Å². The Morgan fingerprint density at radius 3 is 3.06 bits per heavy atom. The lowest BCUT2D eigenvalue weighted by Gasteiger charge is -2.10. The summed E-state index contributed by atoms with van der Waals surface area (Å²) in [5.74, 6) is 0. The van der Waals surface area contributed by atoms with Gasteiger partial charge in [0.25, 0.3) is 5.22 Å². The topological polar surface area (TPSA) is 38.1 Å². The van der Waals surface area contributed by atoms with Crippen molar-refractivity contribution in [2.75, 3.05) is 0 Å². The molecular formula is C13H13ClN2OS. The van der Waals surface area contributed by atoms with Gasteiger partial charge in [0.2, 0.25) is 0 Å². The first-order valence-electron chi connectivity index (χ1n) is 5.91. The van der Waals surface area contributed by atoms with Crippen molar-refractivity contribution in [2.45, 2.75) is 35.5 Å². The summed E-state index contributed by atoms with van der Waals surface area (Å²) in [6, 6.07) is 6.65. The van der Waals surface area contributed by atoms with E-state index < -0.39 is 0 Å². The molecule has 1 aromatic heterocycles. The highest BCUT2D eigenvalue weighted by atomic mass is 35.5. The minimum Gasteiger partial charge on any atom is -0.440 e. The molecule has 2 aromatic rings. The Morgan fingerprint density at radius 1 is 1.44 bits per heavy atom. The lowest BCUT2D eigenvalue weighted by atomic mass is 10.2. The van der Waals surface area contributed by atoms with Crippen molar-refractivity contribution in [1.29, 1.82) is 0 Å². The largest absolute Gasteiger partial charge is 0.440 e. The Hall–Kier alpha value is -0.970. The van der Waals surface area contributed by atoms with Gasteiger partial charge < -0.3 is 9.73 Å². The normalized spacial score (nSPS) is 14.9. The maximum atomic E-state index is 6.26. The van der Waals surface area contributed by atoms with E-state index >= 15 is 0 Å². The average molecular weight is 281 g/mol. The molecule has 0 bridgehead atoms. The number of benzene rings is 1. The van der Waals surface area contributed by atoms with Crippen molar-refractivity contribution in [3.63, 3.8) is 0 Å². The van der Waals surface area contributed by atoms with Crippen molar-refractivity contribution in [1.82, 2.24) is 10.3 Å². The number of hydrogen-bond donors (Lipinski definition) is 1. The zero-order valence-corrected chi connectivity index (χ0v) is 11.3. The third-order valence-corrected chi connectivity index (χ3v) is 4.30. The lowest BCUT2D eigenvalue weighted by molar-refractivity contribution is 0.454. The van der Waals surface area contributed by atoms with Crippen LogP contribution in [0.1, 0.15) is 18.4 Å². The van der Waals surface area contributed by atoms with E-state index in [4.69, 9.17) is 16.0 Å². The molecule has 5 heteroatoms. The number of hydrogen-bond acceptors (Lipinski definition) is 4. The van der Waals surface area contributed by atoms with E-state index in [1.165, 1.54) is 30.2 Å². The lowest BCUT2D eigenvalue weighted by Crippen LogP contribution is -2.15. The second-order valence-corrected chi connectivity index (χ2v) is 5.65. The van der Waals surface area contributed by atoms with Gasteiger partial charge in [-0.15, -0.1) is 0 Å². The van der Waals surface area contributed by atoms with Crippen LogP contribution in [0.25, 0.3) is 0 Å². The first-order valence-corrected chi connectivity index (χ1v) is 7.10. The Labute approximate surface area is 115 Å². The summed E-state index contributed by atoms with van der Waals surface area (Å²) in [7, 11) is 0. The van der Waals surface area contributed by atoms with Gasteiger partial charge in [-0.2, -0.15) is 0 Å². The third kappa shape index (κ3) is 2.88. The number of rotatable bonds is 5. The minimum atomic E-state index is 0.621. The monoisotopic (exact) mass is 280 g/mol. The number of nitrogens with zero attached hydrogens (tertiary/aromatic N) is 1.